The lowest BCUT2D eigenvalue weighted by atomic mass is 9.91. The van der Waals surface area contributed by atoms with Crippen LogP contribution >= 0.6 is 0 Å². The summed E-state index contributed by atoms with van der Waals surface area (Å²) in [5, 5.41) is 0. The maximum atomic E-state index is 4.56. The van der Waals surface area contributed by atoms with E-state index in [2.05, 4.69) is 78.7 Å². The number of rotatable bonds is 7. The van der Waals surface area contributed by atoms with Gasteiger partial charge in [0.2, 0.25) is 0 Å². The van der Waals surface area contributed by atoms with Crippen molar-refractivity contribution in [2.45, 2.75) is 44.9 Å². The van der Waals surface area contributed by atoms with E-state index in [9.17, 15) is 0 Å². The summed E-state index contributed by atoms with van der Waals surface area (Å²) in [6.07, 6.45) is 12.9. The third kappa shape index (κ3) is 3.88. The predicted octanol–water partition coefficient (Wildman–Crippen LogP) is 7.03. The molecule has 0 amide bonds. The number of unbranched alkanes of at least 4 members (excludes halogenated alkanes) is 3. The highest BCUT2D eigenvalue weighted by molar-refractivity contribution is 5.81. The Bertz CT molecular complexity index is 907. The maximum Gasteiger partial charge on any atom is 0.0516 e. The zero-order valence-corrected chi connectivity index (χ0v) is 16.1. The number of hydrogen-bond donors (Lipinski definition) is 0. The molecule has 0 N–H and O–H groups in total. The lowest BCUT2D eigenvalue weighted by molar-refractivity contribution is 0.667. The third-order valence-corrected chi connectivity index (χ3v) is 5.52. The molecule has 0 radical (unpaired) electrons. The van der Waals surface area contributed by atoms with Crippen molar-refractivity contribution in [3.8, 4) is 11.1 Å². The molecule has 1 atom stereocenters. The zero-order valence-electron chi connectivity index (χ0n) is 16.1. The van der Waals surface area contributed by atoms with Crippen molar-refractivity contribution >= 4 is 6.08 Å². The van der Waals surface area contributed by atoms with Gasteiger partial charge in [-0.15, -0.1) is 0 Å². The molecule has 0 saturated heterocycles. The van der Waals surface area contributed by atoms with Crippen LogP contribution in [-0.2, 0) is 6.42 Å². The van der Waals surface area contributed by atoms with Crippen molar-refractivity contribution in [2.24, 2.45) is 0 Å². The standard InChI is InChI=1S/C26H27N/c1-2-3-4-5-9-20-13-15-21(16-14-20)22-10-8-11-23-24(22)17-18-25(23)26-12-6-7-19-27-26/h6-8,10-19,25H,2-5,9H2,1H3. The van der Waals surface area contributed by atoms with Crippen LogP contribution < -0.4 is 0 Å². The molecule has 136 valence electrons. The summed E-state index contributed by atoms with van der Waals surface area (Å²) in [5.74, 6) is 0.263. The first kappa shape index (κ1) is 17.7. The van der Waals surface area contributed by atoms with E-state index in [1.807, 2.05) is 12.3 Å². The fraction of sp³-hybridized carbons (Fsp3) is 0.269. The Hall–Kier alpha value is -2.67. The van der Waals surface area contributed by atoms with Gasteiger partial charge in [-0.2, -0.15) is 0 Å². The lowest BCUT2D eigenvalue weighted by Gasteiger charge is -2.13. The number of aryl methyl sites for hydroxylation is 1. The number of fused-ring (bicyclic) bond motifs is 1. The van der Waals surface area contributed by atoms with Gasteiger partial charge in [0.15, 0.2) is 0 Å². The van der Waals surface area contributed by atoms with Gasteiger partial charge in [-0.1, -0.05) is 86.9 Å². The normalized spacial score (nSPS) is 15.1. The zero-order chi connectivity index (χ0) is 18.5. The number of aromatic nitrogens is 1. The summed E-state index contributed by atoms with van der Waals surface area (Å²) in [6, 6.07) is 22.0. The first-order valence-electron chi connectivity index (χ1n) is 10.2. The van der Waals surface area contributed by atoms with E-state index in [4.69, 9.17) is 0 Å². The van der Waals surface area contributed by atoms with Gasteiger partial charge in [-0.25, -0.2) is 0 Å². The molecule has 0 aliphatic heterocycles. The molecule has 1 unspecified atom stereocenters. The average Bonchev–Trinajstić information content (AvgIpc) is 3.17. The molecule has 0 fully saturated rings. The van der Waals surface area contributed by atoms with Crippen LogP contribution in [0.25, 0.3) is 17.2 Å². The van der Waals surface area contributed by atoms with Crippen LogP contribution in [0, 0.1) is 0 Å². The summed E-state index contributed by atoms with van der Waals surface area (Å²) in [7, 11) is 0. The van der Waals surface area contributed by atoms with Gasteiger partial charge in [-0.3, -0.25) is 4.98 Å². The Morgan fingerprint density at radius 2 is 1.74 bits per heavy atom. The topological polar surface area (TPSA) is 12.9 Å². The van der Waals surface area contributed by atoms with Crippen molar-refractivity contribution in [1.29, 1.82) is 0 Å². The molecule has 1 aromatic heterocycles. The van der Waals surface area contributed by atoms with Gasteiger partial charge in [0.1, 0.15) is 0 Å². The van der Waals surface area contributed by atoms with Crippen LogP contribution in [0.2, 0.25) is 0 Å². The van der Waals surface area contributed by atoms with Gasteiger partial charge in [0.05, 0.1) is 5.69 Å². The number of nitrogens with zero attached hydrogens (tertiary/aromatic N) is 1. The SMILES string of the molecule is CCCCCCc1ccc(-c2cccc3c2C=CC3c2ccccn2)cc1. The lowest BCUT2D eigenvalue weighted by Crippen LogP contribution is -1.99. The number of benzene rings is 2. The van der Waals surface area contributed by atoms with E-state index >= 15 is 0 Å². The number of hydrogen-bond acceptors (Lipinski definition) is 1. The van der Waals surface area contributed by atoms with Crippen LogP contribution in [0.15, 0.2) is 72.9 Å². The smallest absolute Gasteiger partial charge is 0.0516 e. The monoisotopic (exact) mass is 353 g/mol. The minimum absolute atomic E-state index is 0.263. The Morgan fingerprint density at radius 3 is 2.52 bits per heavy atom. The summed E-state index contributed by atoms with van der Waals surface area (Å²) in [5.41, 5.74) is 7.88. The van der Waals surface area contributed by atoms with Crippen molar-refractivity contribution < 1.29 is 0 Å². The van der Waals surface area contributed by atoms with Crippen molar-refractivity contribution in [1.82, 2.24) is 4.98 Å². The van der Waals surface area contributed by atoms with Crippen LogP contribution in [-0.4, -0.2) is 4.98 Å². The molecule has 1 aliphatic carbocycles. The van der Waals surface area contributed by atoms with E-state index in [0.29, 0.717) is 0 Å². The average molecular weight is 354 g/mol. The highest BCUT2D eigenvalue weighted by atomic mass is 14.7. The van der Waals surface area contributed by atoms with E-state index in [0.717, 1.165) is 5.69 Å². The summed E-state index contributed by atoms with van der Waals surface area (Å²) in [6.45, 7) is 2.26. The first-order valence-corrected chi connectivity index (χ1v) is 10.2. The fourth-order valence-electron chi connectivity index (χ4n) is 4.01. The molecule has 27 heavy (non-hydrogen) atoms. The molecule has 0 spiro atoms. The third-order valence-electron chi connectivity index (χ3n) is 5.52. The maximum absolute atomic E-state index is 4.56. The van der Waals surface area contributed by atoms with Gasteiger partial charge in [0, 0.05) is 12.1 Å². The second-order valence-electron chi connectivity index (χ2n) is 7.41. The fourth-order valence-corrected chi connectivity index (χ4v) is 4.01. The quantitative estimate of drug-likeness (QED) is 0.415. The van der Waals surface area contributed by atoms with Crippen LogP contribution in [0.1, 0.15) is 60.9 Å². The molecular weight excluding hydrogens is 326 g/mol. The minimum Gasteiger partial charge on any atom is -0.260 e. The highest BCUT2D eigenvalue weighted by Crippen LogP contribution is 2.39. The Morgan fingerprint density at radius 1 is 0.852 bits per heavy atom. The Balaban J connectivity index is 1.56. The van der Waals surface area contributed by atoms with Gasteiger partial charge < -0.3 is 0 Å². The molecule has 1 aliphatic rings. The molecule has 0 bridgehead atoms. The molecule has 0 saturated carbocycles. The predicted molar refractivity (Wildman–Crippen MR) is 115 cm³/mol. The summed E-state index contributed by atoms with van der Waals surface area (Å²) < 4.78 is 0. The number of pyridine rings is 1. The van der Waals surface area contributed by atoms with Crippen molar-refractivity contribution in [2.75, 3.05) is 0 Å². The second-order valence-corrected chi connectivity index (χ2v) is 7.41. The van der Waals surface area contributed by atoms with Crippen LogP contribution in [0.4, 0.5) is 0 Å². The largest absolute Gasteiger partial charge is 0.260 e. The summed E-state index contributed by atoms with van der Waals surface area (Å²) in [4.78, 5) is 4.56. The van der Waals surface area contributed by atoms with Crippen LogP contribution in [0.5, 0.6) is 0 Å². The number of allylic oxidation sites excluding steroid dienone is 1. The van der Waals surface area contributed by atoms with Crippen LogP contribution in [0.3, 0.4) is 0 Å². The van der Waals surface area contributed by atoms with Gasteiger partial charge >= 0.3 is 0 Å². The Kier molecular flexibility index (Phi) is 5.48. The molecule has 2 aromatic carbocycles. The molecule has 4 rings (SSSR count). The summed E-state index contributed by atoms with van der Waals surface area (Å²) >= 11 is 0. The highest BCUT2D eigenvalue weighted by Gasteiger charge is 2.22. The van der Waals surface area contributed by atoms with Crippen molar-refractivity contribution in [3.05, 3.63) is 95.3 Å². The first-order chi connectivity index (χ1) is 13.4. The van der Waals surface area contributed by atoms with Gasteiger partial charge in [-0.05, 0) is 52.8 Å². The van der Waals surface area contributed by atoms with Crippen molar-refractivity contribution in [3.63, 3.8) is 0 Å². The van der Waals surface area contributed by atoms with E-state index in [1.165, 1.54) is 59.9 Å². The van der Waals surface area contributed by atoms with Gasteiger partial charge in [0.25, 0.3) is 0 Å². The van der Waals surface area contributed by atoms with E-state index < -0.39 is 0 Å². The second kappa shape index (κ2) is 8.35. The molecule has 1 heterocycles. The Labute approximate surface area is 162 Å². The van der Waals surface area contributed by atoms with E-state index in [1.54, 1.807) is 0 Å². The minimum atomic E-state index is 0.263. The molecular formula is C26H27N. The molecule has 1 nitrogen and oxygen atoms in total. The molecule has 3 aromatic rings. The van der Waals surface area contributed by atoms with E-state index in [-0.39, 0.29) is 5.92 Å². The molecule has 1 heteroatoms.